The van der Waals surface area contributed by atoms with Gasteiger partial charge >= 0.3 is 5.97 Å². The van der Waals surface area contributed by atoms with E-state index < -0.39 is 28.3 Å². The standard InChI is InChI=1S/C17H17NO5S2/c1-24-13-7-5-6-12(10-13)18-16(19)11-23-17(20)14-8-3-4-9-15(14)25(2,21)22/h3-10H,11H2,1-2H3,(H,18,19). The number of rotatable bonds is 6. The van der Waals surface area contributed by atoms with Crippen LogP contribution in [0.4, 0.5) is 5.69 Å². The van der Waals surface area contributed by atoms with Crippen LogP contribution in [-0.4, -0.2) is 39.4 Å². The number of thioether (sulfide) groups is 1. The summed E-state index contributed by atoms with van der Waals surface area (Å²) in [5.74, 6) is -1.38. The van der Waals surface area contributed by atoms with Crippen LogP contribution in [0.5, 0.6) is 0 Å². The second-order valence-corrected chi connectivity index (χ2v) is 7.99. The first-order valence-corrected chi connectivity index (χ1v) is 10.3. The summed E-state index contributed by atoms with van der Waals surface area (Å²) >= 11 is 1.54. The Bertz CT molecular complexity index is 893. The van der Waals surface area contributed by atoms with E-state index in [0.29, 0.717) is 5.69 Å². The summed E-state index contributed by atoms with van der Waals surface area (Å²) in [5.41, 5.74) is 0.492. The summed E-state index contributed by atoms with van der Waals surface area (Å²) in [5, 5.41) is 2.62. The second kappa shape index (κ2) is 8.17. The van der Waals surface area contributed by atoms with Crippen molar-refractivity contribution in [2.45, 2.75) is 9.79 Å². The maximum atomic E-state index is 12.1. The molecule has 0 aliphatic rings. The monoisotopic (exact) mass is 379 g/mol. The highest BCUT2D eigenvalue weighted by molar-refractivity contribution is 7.98. The summed E-state index contributed by atoms with van der Waals surface area (Å²) < 4.78 is 28.4. The van der Waals surface area contributed by atoms with Crippen LogP contribution >= 0.6 is 11.8 Å². The van der Waals surface area contributed by atoms with E-state index in [4.69, 9.17) is 4.74 Å². The maximum absolute atomic E-state index is 12.1. The molecule has 0 aliphatic carbocycles. The Morgan fingerprint density at radius 1 is 1.12 bits per heavy atom. The fourth-order valence-electron chi connectivity index (χ4n) is 2.07. The molecule has 0 bridgehead atoms. The summed E-state index contributed by atoms with van der Waals surface area (Å²) in [6.45, 7) is -0.513. The van der Waals surface area contributed by atoms with Gasteiger partial charge in [-0.2, -0.15) is 0 Å². The molecule has 132 valence electrons. The number of hydrogen-bond donors (Lipinski definition) is 1. The Morgan fingerprint density at radius 3 is 2.52 bits per heavy atom. The third-order valence-corrected chi connectivity index (χ3v) is 5.07. The number of anilines is 1. The Morgan fingerprint density at radius 2 is 1.84 bits per heavy atom. The molecule has 0 unspecified atom stereocenters. The fourth-order valence-corrected chi connectivity index (χ4v) is 3.40. The lowest BCUT2D eigenvalue weighted by molar-refractivity contribution is -0.119. The van der Waals surface area contributed by atoms with Crippen LogP contribution in [0.3, 0.4) is 0 Å². The van der Waals surface area contributed by atoms with Gasteiger partial charge in [0.25, 0.3) is 5.91 Å². The molecule has 0 aromatic heterocycles. The van der Waals surface area contributed by atoms with Crippen molar-refractivity contribution in [2.24, 2.45) is 0 Å². The highest BCUT2D eigenvalue weighted by atomic mass is 32.2. The molecule has 0 aliphatic heterocycles. The highest BCUT2D eigenvalue weighted by Crippen LogP contribution is 2.19. The molecule has 0 saturated carbocycles. The molecule has 2 aromatic carbocycles. The van der Waals surface area contributed by atoms with Crippen molar-refractivity contribution in [3.05, 3.63) is 54.1 Å². The number of amides is 1. The molecule has 0 atom stereocenters. The molecule has 25 heavy (non-hydrogen) atoms. The first kappa shape index (κ1) is 19.0. The zero-order valence-corrected chi connectivity index (χ0v) is 15.3. The van der Waals surface area contributed by atoms with E-state index in [1.165, 1.54) is 36.0 Å². The zero-order chi connectivity index (χ0) is 18.4. The van der Waals surface area contributed by atoms with Crippen LogP contribution in [0, 0.1) is 0 Å². The molecule has 0 spiro atoms. The van der Waals surface area contributed by atoms with Crippen molar-refractivity contribution in [3.63, 3.8) is 0 Å². The molecule has 0 fully saturated rings. The van der Waals surface area contributed by atoms with Gasteiger partial charge in [0.15, 0.2) is 16.4 Å². The molecular weight excluding hydrogens is 362 g/mol. The fraction of sp³-hybridized carbons (Fsp3) is 0.176. The van der Waals surface area contributed by atoms with Gasteiger partial charge in [0.05, 0.1) is 10.5 Å². The predicted molar refractivity (Wildman–Crippen MR) is 96.7 cm³/mol. The van der Waals surface area contributed by atoms with Gasteiger partial charge in [0.1, 0.15) is 0 Å². The van der Waals surface area contributed by atoms with Gasteiger partial charge in [0.2, 0.25) is 0 Å². The first-order chi connectivity index (χ1) is 11.8. The molecule has 1 N–H and O–H groups in total. The molecule has 0 saturated heterocycles. The smallest absolute Gasteiger partial charge is 0.339 e. The van der Waals surface area contributed by atoms with E-state index in [-0.39, 0.29) is 10.5 Å². The lowest BCUT2D eigenvalue weighted by Crippen LogP contribution is -2.21. The van der Waals surface area contributed by atoms with Gasteiger partial charge in [-0.1, -0.05) is 18.2 Å². The van der Waals surface area contributed by atoms with Gasteiger partial charge in [0, 0.05) is 16.8 Å². The molecule has 0 radical (unpaired) electrons. The van der Waals surface area contributed by atoms with Gasteiger partial charge in [-0.15, -0.1) is 11.8 Å². The SMILES string of the molecule is CSc1cccc(NC(=O)COC(=O)c2ccccc2S(C)(=O)=O)c1. The predicted octanol–water partition coefficient (Wildman–Crippen LogP) is 2.61. The lowest BCUT2D eigenvalue weighted by atomic mass is 10.2. The van der Waals surface area contributed by atoms with E-state index in [1.807, 2.05) is 12.3 Å². The Balaban J connectivity index is 2.02. The Labute approximate surface area is 150 Å². The summed E-state index contributed by atoms with van der Waals surface area (Å²) in [7, 11) is -3.58. The minimum Gasteiger partial charge on any atom is -0.452 e. The summed E-state index contributed by atoms with van der Waals surface area (Å²) in [6.07, 6.45) is 2.92. The van der Waals surface area contributed by atoms with Gasteiger partial charge in [-0.25, -0.2) is 13.2 Å². The molecule has 6 nitrogen and oxygen atoms in total. The van der Waals surface area contributed by atoms with Crippen molar-refractivity contribution < 1.29 is 22.7 Å². The average molecular weight is 379 g/mol. The molecule has 0 heterocycles. The van der Waals surface area contributed by atoms with E-state index in [9.17, 15) is 18.0 Å². The van der Waals surface area contributed by atoms with Crippen LogP contribution in [0.2, 0.25) is 0 Å². The van der Waals surface area contributed by atoms with E-state index >= 15 is 0 Å². The number of hydrogen-bond acceptors (Lipinski definition) is 6. The van der Waals surface area contributed by atoms with E-state index in [1.54, 1.807) is 18.2 Å². The largest absolute Gasteiger partial charge is 0.452 e. The van der Waals surface area contributed by atoms with Crippen molar-refractivity contribution in [2.75, 3.05) is 24.4 Å². The Hall–Kier alpha value is -2.32. The second-order valence-electron chi connectivity index (χ2n) is 5.12. The van der Waals surface area contributed by atoms with Crippen molar-refractivity contribution in [1.82, 2.24) is 0 Å². The van der Waals surface area contributed by atoms with E-state index in [2.05, 4.69) is 5.32 Å². The van der Waals surface area contributed by atoms with Crippen LogP contribution in [-0.2, 0) is 19.4 Å². The lowest BCUT2D eigenvalue weighted by Gasteiger charge is -2.09. The number of nitrogens with one attached hydrogen (secondary N) is 1. The highest BCUT2D eigenvalue weighted by Gasteiger charge is 2.20. The number of carbonyl (C=O) groups is 2. The van der Waals surface area contributed by atoms with Crippen molar-refractivity contribution in [3.8, 4) is 0 Å². The number of esters is 1. The average Bonchev–Trinajstić information content (AvgIpc) is 2.59. The van der Waals surface area contributed by atoms with Crippen LogP contribution in [0.15, 0.2) is 58.3 Å². The Kier molecular flexibility index (Phi) is 6.22. The summed E-state index contributed by atoms with van der Waals surface area (Å²) in [4.78, 5) is 24.9. The van der Waals surface area contributed by atoms with Gasteiger partial charge in [-0.05, 0) is 36.6 Å². The number of sulfone groups is 1. The number of benzene rings is 2. The van der Waals surface area contributed by atoms with Crippen LogP contribution < -0.4 is 5.32 Å². The minimum absolute atomic E-state index is 0.0952. The van der Waals surface area contributed by atoms with Crippen molar-refractivity contribution in [1.29, 1.82) is 0 Å². The zero-order valence-electron chi connectivity index (χ0n) is 13.7. The van der Waals surface area contributed by atoms with Gasteiger partial charge in [-0.3, -0.25) is 4.79 Å². The van der Waals surface area contributed by atoms with Crippen LogP contribution in [0.25, 0.3) is 0 Å². The quantitative estimate of drug-likeness (QED) is 0.613. The molecule has 1 amide bonds. The normalized spacial score (nSPS) is 11.0. The number of carbonyl (C=O) groups excluding carboxylic acids is 2. The topological polar surface area (TPSA) is 89.5 Å². The van der Waals surface area contributed by atoms with E-state index in [0.717, 1.165) is 11.2 Å². The van der Waals surface area contributed by atoms with Crippen molar-refractivity contribution >= 4 is 39.2 Å². The number of ether oxygens (including phenoxy) is 1. The maximum Gasteiger partial charge on any atom is 0.339 e. The summed E-state index contributed by atoms with van der Waals surface area (Å²) in [6, 6.07) is 12.9. The minimum atomic E-state index is -3.58. The third-order valence-electron chi connectivity index (χ3n) is 3.19. The van der Waals surface area contributed by atoms with Gasteiger partial charge < -0.3 is 10.1 Å². The molecule has 2 rings (SSSR count). The molecule has 2 aromatic rings. The molecule has 8 heteroatoms. The first-order valence-electron chi connectivity index (χ1n) is 7.21. The van der Waals surface area contributed by atoms with Crippen LogP contribution in [0.1, 0.15) is 10.4 Å². The third kappa shape index (κ3) is 5.33. The molecular formula is C17H17NO5S2.